The molecule has 0 aliphatic heterocycles. The first kappa shape index (κ1) is 22.7. The fourth-order valence-corrected chi connectivity index (χ4v) is 6.41. The van der Waals surface area contributed by atoms with E-state index in [0.717, 1.165) is 24.2 Å². The van der Waals surface area contributed by atoms with E-state index in [1.54, 1.807) is 12.1 Å². The molecular weight excluding hydrogens is 393 g/mol. The third kappa shape index (κ3) is 4.96. The van der Waals surface area contributed by atoms with Crippen molar-refractivity contribution in [2.75, 3.05) is 0 Å². The van der Waals surface area contributed by atoms with Gasteiger partial charge in [0.05, 0.1) is 5.39 Å². The van der Waals surface area contributed by atoms with Crippen molar-refractivity contribution in [3.63, 3.8) is 0 Å². The predicted octanol–water partition coefficient (Wildman–Crippen LogP) is 8.91. The summed E-state index contributed by atoms with van der Waals surface area (Å²) in [7, 11) is 0. The van der Waals surface area contributed by atoms with Gasteiger partial charge in [-0.15, -0.1) is 0 Å². The maximum atomic E-state index is 15.0. The molecule has 0 heterocycles. The number of aryl methyl sites for hydroxylation is 2. The summed E-state index contributed by atoms with van der Waals surface area (Å²) in [4.78, 5) is 0. The van der Waals surface area contributed by atoms with Crippen molar-refractivity contribution in [1.82, 2.24) is 0 Å². The van der Waals surface area contributed by atoms with E-state index in [2.05, 4.69) is 6.92 Å². The first-order valence-electron chi connectivity index (χ1n) is 12.5. The van der Waals surface area contributed by atoms with Crippen LogP contribution in [0.25, 0.3) is 10.8 Å². The first-order chi connectivity index (χ1) is 15.0. The summed E-state index contributed by atoms with van der Waals surface area (Å²) in [5.41, 5.74) is 0.735. The van der Waals surface area contributed by atoms with Crippen LogP contribution in [-0.2, 0) is 6.42 Å². The third-order valence-electron chi connectivity index (χ3n) is 8.35. The molecule has 0 unspecified atom stereocenters. The molecule has 2 aliphatic rings. The molecule has 0 saturated heterocycles. The summed E-state index contributed by atoms with van der Waals surface area (Å²) in [6, 6.07) is 5.02. The van der Waals surface area contributed by atoms with Crippen LogP contribution in [0, 0.1) is 48.0 Å². The molecule has 0 atom stereocenters. The highest BCUT2D eigenvalue weighted by Crippen LogP contribution is 2.43. The van der Waals surface area contributed by atoms with E-state index in [1.807, 2.05) is 0 Å². The Balaban J connectivity index is 1.31. The molecule has 0 nitrogen and oxygen atoms in total. The summed E-state index contributed by atoms with van der Waals surface area (Å²) in [6.07, 6.45) is 15.1. The van der Waals surface area contributed by atoms with Gasteiger partial charge >= 0.3 is 0 Å². The van der Waals surface area contributed by atoms with Crippen LogP contribution in [0.1, 0.15) is 88.7 Å². The van der Waals surface area contributed by atoms with Crippen LogP contribution in [0.4, 0.5) is 13.2 Å². The topological polar surface area (TPSA) is 0 Å². The van der Waals surface area contributed by atoms with E-state index < -0.39 is 17.5 Å². The third-order valence-corrected chi connectivity index (χ3v) is 8.35. The molecule has 2 aromatic carbocycles. The van der Waals surface area contributed by atoms with Crippen molar-refractivity contribution in [2.45, 2.75) is 90.9 Å². The molecule has 0 amide bonds. The van der Waals surface area contributed by atoms with Crippen molar-refractivity contribution in [1.29, 1.82) is 0 Å². The quantitative estimate of drug-likeness (QED) is 0.429. The van der Waals surface area contributed by atoms with Crippen molar-refractivity contribution >= 4 is 10.8 Å². The molecular formula is C28H37F3. The Morgan fingerprint density at radius 1 is 0.742 bits per heavy atom. The summed E-state index contributed by atoms with van der Waals surface area (Å²) in [5, 5.41) is 0.245. The molecule has 2 aliphatic carbocycles. The maximum absolute atomic E-state index is 15.0. The van der Waals surface area contributed by atoms with Crippen LogP contribution in [0.5, 0.6) is 0 Å². The van der Waals surface area contributed by atoms with E-state index in [4.69, 9.17) is 0 Å². The summed E-state index contributed by atoms with van der Waals surface area (Å²) in [5.74, 6) is 0.837. The highest BCUT2D eigenvalue weighted by Gasteiger charge is 2.30. The summed E-state index contributed by atoms with van der Waals surface area (Å²) in [6.45, 7) is 3.81. The average Bonchev–Trinajstić information content (AvgIpc) is 2.78. The van der Waals surface area contributed by atoms with E-state index >= 15 is 0 Å². The van der Waals surface area contributed by atoms with E-state index in [9.17, 15) is 13.2 Å². The van der Waals surface area contributed by atoms with Gasteiger partial charge in [0.1, 0.15) is 5.82 Å². The zero-order valence-electron chi connectivity index (χ0n) is 19.2. The fourth-order valence-electron chi connectivity index (χ4n) is 6.41. The molecule has 0 spiro atoms. The van der Waals surface area contributed by atoms with Gasteiger partial charge in [0, 0.05) is 0 Å². The molecule has 0 bridgehead atoms. The average molecular weight is 431 g/mol. The van der Waals surface area contributed by atoms with Crippen molar-refractivity contribution in [2.24, 2.45) is 23.7 Å². The van der Waals surface area contributed by atoms with E-state index in [-0.39, 0.29) is 10.9 Å². The minimum Gasteiger partial charge on any atom is -0.206 e. The second kappa shape index (κ2) is 9.96. The van der Waals surface area contributed by atoms with Crippen LogP contribution in [0.2, 0.25) is 0 Å². The Bertz CT molecular complexity index is 887. The van der Waals surface area contributed by atoms with Gasteiger partial charge in [-0.05, 0) is 91.7 Å². The number of fused-ring (bicyclic) bond motifs is 1. The SMILES string of the molecule is CCCC1CCC(C2CCC(CCc3ccc4cc(C)c(F)c(F)c4c3F)CC2)CC1. The second-order valence-corrected chi connectivity index (χ2v) is 10.3. The molecule has 170 valence electrons. The summed E-state index contributed by atoms with van der Waals surface area (Å²) >= 11 is 0. The van der Waals surface area contributed by atoms with E-state index in [0.29, 0.717) is 23.3 Å². The Labute approximate surface area is 185 Å². The van der Waals surface area contributed by atoms with Crippen molar-refractivity contribution in [3.8, 4) is 0 Å². The van der Waals surface area contributed by atoms with Crippen LogP contribution in [-0.4, -0.2) is 0 Å². The van der Waals surface area contributed by atoms with Gasteiger partial charge in [-0.1, -0.05) is 57.6 Å². The lowest BCUT2D eigenvalue weighted by atomic mass is 9.68. The lowest BCUT2D eigenvalue weighted by Crippen LogP contribution is -2.26. The zero-order chi connectivity index (χ0) is 22.0. The smallest absolute Gasteiger partial charge is 0.169 e. The van der Waals surface area contributed by atoms with Gasteiger partial charge in [-0.25, -0.2) is 13.2 Å². The highest BCUT2D eigenvalue weighted by atomic mass is 19.2. The molecule has 31 heavy (non-hydrogen) atoms. The predicted molar refractivity (Wildman–Crippen MR) is 123 cm³/mol. The molecule has 0 N–H and O–H groups in total. The van der Waals surface area contributed by atoms with Gasteiger partial charge < -0.3 is 0 Å². The normalized spacial score (nSPS) is 27.0. The summed E-state index contributed by atoms with van der Waals surface area (Å²) < 4.78 is 43.3. The molecule has 0 radical (unpaired) electrons. The standard InChI is InChI=1S/C28H37F3/c1-3-4-19-5-10-21(11-6-19)22-12-7-20(8-13-22)9-14-23-15-16-24-17-18(2)26(29)28(31)25(24)27(23)30/h15-17,19-22H,3-14H2,1-2H3. The minimum atomic E-state index is -1.05. The fraction of sp³-hybridized carbons (Fsp3) is 0.643. The van der Waals surface area contributed by atoms with Gasteiger partial charge in [-0.3, -0.25) is 0 Å². The highest BCUT2D eigenvalue weighted by molar-refractivity contribution is 5.85. The maximum Gasteiger partial charge on any atom is 0.169 e. The number of benzene rings is 2. The Kier molecular flexibility index (Phi) is 7.29. The molecule has 3 heteroatoms. The Morgan fingerprint density at radius 2 is 1.32 bits per heavy atom. The van der Waals surface area contributed by atoms with Gasteiger partial charge in [0.15, 0.2) is 11.6 Å². The van der Waals surface area contributed by atoms with Gasteiger partial charge in [0.2, 0.25) is 0 Å². The van der Waals surface area contributed by atoms with Crippen LogP contribution >= 0.6 is 0 Å². The lowest BCUT2D eigenvalue weighted by molar-refractivity contribution is 0.141. The van der Waals surface area contributed by atoms with Crippen LogP contribution in [0.15, 0.2) is 18.2 Å². The largest absolute Gasteiger partial charge is 0.206 e. The number of hydrogen-bond acceptors (Lipinski definition) is 0. The molecule has 2 saturated carbocycles. The molecule has 4 rings (SSSR count). The van der Waals surface area contributed by atoms with E-state index in [1.165, 1.54) is 77.2 Å². The minimum absolute atomic E-state index is 0.192. The van der Waals surface area contributed by atoms with Crippen LogP contribution in [0.3, 0.4) is 0 Å². The van der Waals surface area contributed by atoms with Crippen molar-refractivity contribution < 1.29 is 13.2 Å². The first-order valence-corrected chi connectivity index (χ1v) is 12.5. The number of hydrogen-bond donors (Lipinski definition) is 0. The number of halogens is 3. The molecule has 2 fully saturated rings. The molecule has 0 aromatic heterocycles. The molecule has 2 aromatic rings. The Hall–Kier alpha value is -1.51. The second-order valence-electron chi connectivity index (χ2n) is 10.3. The van der Waals surface area contributed by atoms with Gasteiger partial charge in [0.25, 0.3) is 0 Å². The van der Waals surface area contributed by atoms with Crippen LogP contribution < -0.4 is 0 Å². The van der Waals surface area contributed by atoms with Crippen molar-refractivity contribution in [3.05, 3.63) is 46.8 Å². The Morgan fingerprint density at radius 3 is 1.90 bits per heavy atom. The lowest BCUT2D eigenvalue weighted by Gasteiger charge is -2.38. The monoisotopic (exact) mass is 430 g/mol. The van der Waals surface area contributed by atoms with Gasteiger partial charge in [-0.2, -0.15) is 0 Å². The zero-order valence-corrected chi connectivity index (χ0v) is 19.2. The number of rotatable bonds is 6.